The molecule has 1 fully saturated rings. The molecular weight excluding hydrogens is 364 g/mol. The smallest absolute Gasteiger partial charge is 0.255 e. The summed E-state index contributed by atoms with van der Waals surface area (Å²) < 4.78 is 0. The van der Waals surface area contributed by atoms with Crippen molar-refractivity contribution >= 4 is 17.5 Å². The van der Waals surface area contributed by atoms with Gasteiger partial charge in [-0.15, -0.1) is 0 Å². The Morgan fingerprint density at radius 3 is 2.41 bits per heavy atom. The molecule has 2 amide bonds. The van der Waals surface area contributed by atoms with Gasteiger partial charge in [-0.3, -0.25) is 14.6 Å². The van der Waals surface area contributed by atoms with Crippen LogP contribution < -0.4 is 16.0 Å². The lowest BCUT2D eigenvalue weighted by Crippen LogP contribution is -2.37. The predicted octanol–water partition coefficient (Wildman–Crippen LogP) is 3.68. The Bertz CT molecular complexity index is 815. The third kappa shape index (κ3) is 6.12. The molecule has 0 spiro atoms. The van der Waals surface area contributed by atoms with Gasteiger partial charge in [0.25, 0.3) is 11.8 Å². The summed E-state index contributed by atoms with van der Waals surface area (Å²) in [5.41, 5.74) is 2.37. The average molecular weight is 395 g/mol. The molecule has 1 heterocycles. The summed E-state index contributed by atoms with van der Waals surface area (Å²) in [6, 6.07) is 9.30. The molecule has 6 heteroatoms. The van der Waals surface area contributed by atoms with Crippen molar-refractivity contribution in [1.82, 2.24) is 15.6 Å². The van der Waals surface area contributed by atoms with Crippen LogP contribution in [-0.2, 0) is 0 Å². The first-order valence-corrected chi connectivity index (χ1v) is 10.5. The number of amides is 2. The summed E-state index contributed by atoms with van der Waals surface area (Å²) in [4.78, 5) is 29.2. The van der Waals surface area contributed by atoms with E-state index in [0.29, 0.717) is 29.4 Å². The quantitative estimate of drug-likeness (QED) is 0.494. The van der Waals surface area contributed by atoms with Crippen molar-refractivity contribution in [2.45, 2.75) is 51.5 Å². The Kier molecular flexibility index (Phi) is 7.76. The minimum atomic E-state index is -0.259. The van der Waals surface area contributed by atoms with Crippen LogP contribution in [0.3, 0.4) is 0 Å². The third-order valence-electron chi connectivity index (χ3n) is 5.40. The number of nitrogens with zero attached hydrogens (tertiary/aromatic N) is 1. The average Bonchev–Trinajstić information content (AvgIpc) is 3.02. The number of aromatic nitrogens is 1. The minimum absolute atomic E-state index is 0.179. The molecule has 1 aliphatic rings. The zero-order valence-corrected chi connectivity index (χ0v) is 17.0. The normalized spacial score (nSPS) is 14.8. The highest BCUT2D eigenvalue weighted by Gasteiger charge is 2.16. The molecule has 2 aromatic rings. The van der Waals surface area contributed by atoms with Crippen LogP contribution in [0.25, 0.3) is 0 Å². The van der Waals surface area contributed by atoms with Crippen LogP contribution in [0.2, 0.25) is 0 Å². The van der Waals surface area contributed by atoms with Crippen LogP contribution in [0, 0.1) is 6.92 Å². The number of hydrogen-bond donors (Lipinski definition) is 3. The van der Waals surface area contributed by atoms with Crippen molar-refractivity contribution in [2.75, 3.05) is 18.4 Å². The van der Waals surface area contributed by atoms with Gasteiger partial charge in [0.15, 0.2) is 0 Å². The van der Waals surface area contributed by atoms with Gasteiger partial charge in [0.2, 0.25) is 0 Å². The highest BCUT2D eigenvalue weighted by Crippen LogP contribution is 2.21. The standard InChI is InChI=1S/C23H30N4O2/c1-17-7-6-10-20(21(17)27-22(28)18-11-13-24-14-12-18)23(29)26-16-15-25-19-8-4-2-3-5-9-19/h6-7,10-14,19,25H,2-5,8-9,15-16H2,1H3,(H,26,29)(H,27,28). The van der Waals surface area contributed by atoms with Crippen molar-refractivity contribution in [3.8, 4) is 0 Å². The minimum Gasteiger partial charge on any atom is -0.351 e. The number of hydrogen-bond acceptors (Lipinski definition) is 4. The fraction of sp³-hybridized carbons (Fsp3) is 0.435. The number of carbonyl (C=O) groups is 2. The van der Waals surface area contributed by atoms with Crippen LogP contribution >= 0.6 is 0 Å². The molecule has 0 atom stereocenters. The lowest BCUT2D eigenvalue weighted by molar-refractivity contribution is 0.0954. The fourth-order valence-electron chi connectivity index (χ4n) is 3.74. The van der Waals surface area contributed by atoms with Crippen LogP contribution in [0.15, 0.2) is 42.7 Å². The third-order valence-corrected chi connectivity index (χ3v) is 5.40. The van der Waals surface area contributed by atoms with Gasteiger partial charge in [-0.1, -0.05) is 37.8 Å². The highest BCUT2D eigenvalue weighted by molar-refractivity contribution is 6.09. The van der Waals surface area contributed by atoms with E-state index in [1.54, 1.807) is 30.6 Å². The largest absolute Gasteiger partial charge is 0.351 e. The van der Waals surface area contributed by atoms with E-state index in [2.05, 4.69) is 20.9 Å². The van der Waals surface area contributed by atoms with Gasteiger partial charge >= 0.3 is 0 Å². The van der Waals surface area contributed by atoms with E-state index in [9.17, 15) is 9.59 Å². The second-order valence-electron chi connectivity index (χ2n) is 7.59. The topological polar surface area (TPSA) is 83.1 Å². The maximum absolute atomic E-state index is 12.7. The summed E-state index contributed by atoms with van der Waals surface area (Å²) in [6.07, 6.45) is 10.8. The van der Waals surface area contributed by atoms with Gasteiger partial charge in [0.05, 0.1) is 11.3 Å². The molecule has 0 saturated heterocycles. The van der Waals surface area contributed by atoms with E-state index in [4.69, 9.17) is 0 Å². The van der Waals surface area contributed by atoms with E-state index in [-0.39, 0.29) is 11.8 Å². The maximum atomic E-state index is 12.7. The van der Waals surface area contributed by atoms with E-state index in [0.717, 1.165) is 12.1 Å². The maximum Gasteiger partial charge on any atom is 0.255 e. The number of benzene rings is 1. The number of anilines is 1. The molecule has 3 N–H and O–H groups in total. The lowest BCUT2D eigenvalue weighted by atomic mass is 10.1. The van der Waals surface area contributed by atoms with E-state index >= 15 is 0 Å². The van der Waals surface area contributed by atoms with Crippen LogP contribution in [0.4, 0.5) is 5.69 Å². The summed E-state index contributed by atoms with van der Waals surface area (Å²) in [5, 5.41) is 9.41. The molecule has 6 nitrogen and oxygen atoms in total. The second-order valence-corrected chi connectivity index (χ2v) is 7.59. The first-order chi connectivity index (χ1) is 14.1. The van der Waals surface area contributed by atoms with E-state index in [1.807, 2.05) is 19.1 Å². The van der Waals surface area contributed by atoms with Crippen molar-refractivity contribution in [3.05, 3.63) is 59.4 Å². The zero-order valence-electron chi connectivity index (χ0n) is 17.0. The summed E-state index contributed by atoms with van der Waals surface area (Å²) >= 11 is 0. The molecule has 0 unspecified atom stereocenters. The number of nitrogens with one attached hydrogen (secondary N) is 3. The molecule has 29 heavy (non-hydrogen) atoms. The Morgan fingerprint density at radius 1 is 0.966 bits per heavy atom. The number of carbonyl (C=O) groups excluding carboxylic acids is 2. The number of rotatable bonds is 7. The molecular formula is C23H30N4O2. The number of pyridine rings is 1. The molecule has 0 aliphatic heterocycles. The molecule has 1 aromatic heterocycles. The zero-order chi connectivity index (χ0) is 20.5. The Hall–Kier alpha value is -2.73. The Morgan fingerprint density at radius 2 is 1.69 bits per heavy atom. The van der Waals surface area contributed by atoms with E-state index in [1.165, 1.54) is 38.5 Å². The van der Waals surface area contributed by atoms with Crippen molar-refractivity contribution < 1.29 is 9.59 Å². The van der Waals surface area contributed by atoms with Gasteiger partial charge in [0.1, 0.15) is 0 Å². The van der Waals surface area contributed by atoms with Gasteiger partial charge in [0, 0.05) is 37.1 Å². The van der Waals surface area contributed by atoms with E-state index < -0.39 is 0 Å². The fourth-order valence-corrected chi connectivity index (χ4v) is 3.74. The Labute approximate surface area is 172 Å². The predicted molar refractivity (Wildman–Crippen MR) is 115 cm³/mol. The summed E-state index contributed by atoms with van der Waals surface area (Å²) in [5.74, 6) is -0.438. The molecule has 0 bridgehead atoms. The molecule has 0 radical (unpaired) electrons. The SMILES string of the molecule is Cc1cccc(C(=O)NCCNC2CCCCCC2)c1NC(=O)c1ccncc1. The molecule has 1 saturated carbocycles. The van der Waals surface area contributed by atoms with Crippen molar-refractivity contribution in [3.63, 3.8) is 0 Å². The van der Waals surface area contributed by atoms with Crippen molar-refractivity contribution in [1.29, 1.82) is 0 Å². The number of para-hydroxylation sites is 1. The van der Waals surface area contributed by atoms with Crippen LogP contribution in [-0.4, -0.2) is 35.9 Å². The summed E-state index contributed by atoms with van der Waals surface area (Å²) in [7, 11) is 0. The van der Waals surface area contributed by atoms with Crippen LogP contribution in [0.1, 0.15) is 64.8 Å². The van der Waals surface area contributed by atoms with Gasteiger partial charge in [-0.05, 0) is 43.5 Å². The van der Waals surface area contributed by atoms with Crippen LogP contribution in [0.5, 0.6) is 0 Å². The highest BCUT2D eigenvalue weighted by atomic mass is 16.2. The lowest BCUT2D eigenvalue weighted by Gasteiger charge is -2.17. The monoisotopic (exact) mass is 394 g/mol. The second kappa shape index (κ2) is 10.7. The number of aryl methyl sites for hydroxylation is 1. The molecule has 1 aromatic carbocycles. The van der Waals surface area contributed by atoms with Gasteiger partial charge in [-0.2, -0.15) is 0 Å². The van der Waals surface area contributed by atoms with Gasteiger partial charge in [-0.25, -0.2) is 0 Å². The first kappa shape index (κ1) is 21.0. The molecule has 3 rings (SSSR count). The Balaban J connectivity index is 1.57. The first-order valence-electron chi connectivity index (χ1n) is 10.5. The molecule has 1 aliphatic carbocycles. The van der Waals surface area contributed by atoms with Crippen molar-refractivity contribution in [2.24, 2.45) is 0 Å². The summed E-state index contributed by atoms with van der Waals surface area (Å²) in [6.45, 7) is 3.19. The molecule has 154 valence electrons. The van der Waals surface area contributed by atoms with Gasteiger partial charge < -0.3 is 16.0 Å².